The monoisotopic (exact) mass is 584 g/mol. The maximum Gasteiger partial charge on any atom is 0.301 e. The zero-order valence-electron chi connectivity index (χ0n) is 21.8. The lowest BCUT2D eigenvalue weighted by atomic mass is 9.99. The number of fused-ring (bicyclic) bond motifs is 1. The summed E-state index contributed by atoms with van der Waals surface area (Å²) in [4.78, 5) is 23.0. The van der Waals surface area contributed by atoms with Crippen molar-refractivity contribution in [3.05, 3.63) is 77.6 Å². The van der Waals surface area contributed by atoms with Crippen LogP contribution in [0.1, 0.15) is 22.3 Å². The zero-order chi connectivity index (χ0) is 28.7. The Hall–Kier alpha value is -3.94. The van der Waals surface area contributed by atoms with Crippen molar-refractivity contribution in [2.45, 2.75) is 12.6 Å². The third-order valence-electron chi connectivity index (χ3n) is 7.45. The molecule has 0 unspecified atom stereocenters. The van der Waals surface area contributed by atoms with Crippen LogP contribution in [0.5, 0.6) is 0 Å². The number of aromatic amines is 1. The molecule has 0 spiro atoms. The van der Waals surface area contributed by atoms with Crippen LogP contribution in [0.4, 0.5) is 24.5 Å². The maximum atomic E-state index is 15.5. The quantitative estimate of drug-likeness (QED) is 0.285. The summed E-state index contributed by atoms with van der Waals surface area (Å²) in [5, 5.41) is 3.68. The first-order valence-electron chi connectivity index (χ1n) is 13.2. The number of hydrogen-bond acceptors (Lipinski definition) is 6. The molecule has 41 heavy (non-hydrogen) atoms. The van der Waals surface area contributed by atoms with E-state index in [1.807, 2.05) is 29.0 Å². The topological polar surface area (TPSA) is 110 Å². The summed E-state index contributed by atoms with van der Waals surface area (Å²) in [6, 6.07) is 11.4. The molecule has 4 heterocycles. The van der Waals surface area contributed by atoms with Crippen molar-refractivity contribution in [3.63, 3.8) is 0 Å². The van der Waals surface area contributed by atoms with Gasteiger partial charge < -0.3 is 15.2 Å². The van der Waals surface area contributed by atoms with Gasteiger partial charge in [-0.25, -0.2) is 18.2 Å². The zero-order valence-corrected chi connectivity index (χ0v) is 22.6. The van der Waals surface area contributed by atoms with Crippen LogP contribution >= 0.6 is 0 Å². The number of rotatable bonds is 7. The molecular weight excluding hydrogens is 557 g/mol. The molecule has 4 aromatic rings. The number of carbonyl (C=O) groups excluding carboxylic acids is 1. The molecule has 2 aliphatic rings. The molecule has 9 nitrogen and oxygen atoms in total. The molecule has 0 bridgehead atoms. The average Bonchev–Trinajstić information content (AvgIpc) is 3.61. The predicted octanol–water partition coefficient (Wildman–Crippen LogP) is 3.85. The molecular formula is C28H27F3N6O3S. The number of hydrogen-bond donors (Lipinski definition) is 3. The first-order valence-corrected chi connectivity index (χ1v) is 14.6. The second-order valence-corrected chi connectivity index (χ2v) is 11.7. The fourth-order valence-corrected chi connectivity index (χ4v) is 6.49. The Morgan fingerprint density at radius 3 is 2.49 bits per heavy atom. The molecule has 0 aliphatic carbocycles. The molecule has 2 aromatic heterocycles. The lowest BCUT2D eigenvalue weighted by molar-refractivity contribution is 0.103. The Balaban J connectivity index is 1.30. The van der Waals surface area contributed by atoms with Crippen LogP contribution in [-0.2, 0) is 10.2 Å². The Labute approximate surface area is 234 Å². The Morgan fingerprint density at radius 2 is 1.78 bits per heavy atom. The average molecular weight is 585 g/mol. The van der Waals surface area contributed by atoms with E-state index in [1.54, 1.807) is 12.3 Å². The van der Waals surface area contributed by atoms with Crippen LogP contribution in [0.2, 0.25) is 0 Å². The first kappa shape index (κ1) is 27.2. The van der Waals surface area contributed by atoms with Crippen molar-refractivity contribution in [2.75, 3.05) is 48.9 Å². The minimum atomic E-state index is -4.31. The minimum Gasteiger partial charge on any atom is -0.369 e. The first-order chi connectivity index (χ1) is 19.7. The Kier molecular flexibility index (Phi) is 7.18. The van der Waals surface area contributed by atoms with Gasteiger partial charge in [0, 0.05) is 73.9 Å². The SMILES string of the molecule is O=C(c1c(F)ccc(NS(=O)(=O)N2CC[C@@H](F)C2)c1F)c1c[nH]c2ncc(-c3ccc(N4CCNCC4)cc3)cc12. The number of benzene rings is 2. The van der Waals surface area contributed by atoms with Crippen molar-refractivity contribution in [1.29, 1.82) is 0 Å². The van der Waals surface area contributed by atoms with Gasteiger partial charge in [0.2, 0.25) is 5.78 Å². The molecule has 2 fully saturated rings. The standard InChI is InChI=1S/C28H27F3N6O3S/c29-19-7-10-37(16-19)41(39,40)35-24-6-5-23(30)25(26(24)31)27(38)22-15-34-28-21(22)13-18(14-33-28)17-1-3-20(4-2-17)36-11-8-32-9-12-36/h1-6,13-15,19,32,35H,7-12,16H2,(H,33,34)/t19-/m1/s1. The van der Waals surface area contributed by atoms with Gasteiger partial charge >= 0.3 is 10.2 Å². The van der Waals surface area contributed by atoms with E-state index in [2.05, 4.69) is 20.2 Å². The summed E-state index contributed by atoms with van der Waals surface area (Å²) in [6.45, 7) is 3.21. The number of alkyl halides is 1. The fraction of sp³-hybridized carbons (Fsp3) is 0.286. The number of H-pyrrole nitrogens is 1. The highest BCUT2D eigenvalue weighted by Gasteiger charge is 2.33. The van der Waals surface area contributed by atoms with Crippen molar-refractivity contribution in [3.8, 4) is 11.1 Å². The maximum absolute atomic E-state index is 15.5. The summed E-state index contributed by atoms with van der Waals surface area (Å²) < 4.78 is 72.0. The van der Waals surface area contributed by atoms with E-state index < -0.39 is 45.0 Å². The Bertz CT molecular complexity index is 1720. The van der Waals surface area contributed by atoms with Crippen LogP contribution in [0.25, 0.3) is 22.2 Å². The molecule has 6 rings (SSSR count). The summed E-state index contributed by atoms with van der Waals surface area (Å²) in [5.41, 5.74) is 1.45. The largest absolute Gasteiger partial charge is 0.369 e. The summed E-state index contributed by atoms with van der Waals surface area (Å²) >= 11 is 0. The van der Waals surface area contributed by atoms with Gasteiger partial charge in [-0.1, -0.05) is 12.1 Å². The number of anilines is 2. The van der Waals surface area contributed by atoms with E-state index in [9.17, 15) is 22.0 Å². The number of aromatic nitrogens is 2. The molecule has 1 atom stereocenters. The van der Waals surface area contributed by atoms with E-state index >= 15 is 4.39 Å². The van der Waals surface area contributed by atoms with Gasteiger partial charge in [-0.05, 0) is 42.3 Å². The molecule has 2 saturated heterocycles. The van der Waals surface area contributed by atoms with Gasteiger partial charge in [0.05, 0.1) is 11.3 Å². The highest BCUT2D eigenvalue weighted by Crippen LogP contribution is 2.31. The van der Waals surface area contributed by atoms with Crippen LogP contribution < -0.4 is 14.9 Å². The second kappa shape index (κ2) is 10.8. The predicted molar refractivity (Wildman–Crippen MR) is 150 cm³/mol. The number of carbonyl (C=O) groups is 1. The lowest BCUT2D eigenvalue weighted by Crippen LogP contribution is -2.43. The van der Waals surface area contributed by atoms with Gasteiger partial charge in [-0.15, -0.1) is 0 Å². The van der Waals surface area contributed by atoms with Crippen molar-refractivity contribution in [1.82, 2.24) is 19.6 Å². The second-order valence-electron chi connectivity index (χ2n) is 10.1. The number of pyridine rings is 1. The van der Waals surface area contributed by atoms with Gasteiger partial charge in [0.25, 0.3) is 0 Å². The van der Waals surface area contributed by atoms with E-state index in [-0.39, 0.29) is 25.1 Å². The van der Waals surface area contributed by atoms with E-state index in [4.69, 9.17) is 0 Å². The lowest BCUT2D eigenvalue weighted by Gasteiger charge is -2.29. The number of halogens is 3. The van der Waals surface area contributed by atoms with Crippen LogP contribution in [0, 0.1) is 11.6 Å². The van der Waals surface area contributed by atoms with Crippen LogP contribution in [0.15, 0.2) is 54.9 Å². The number of nitrogens with one attached hydrogen (secondary N) is 3. The third-order valence-corrected chi connectivity index (χ3v) is 8.94. The summed E-state index contributed by atoms with van der Waals surface area (Å²) in [5.74, 6) is -3.50. The third kappa shape index (κ3) is 5.27. The van der Waals surface area contributed by atoms with Crippen molar-refractivity contribution < 1.29 is 26.4 Å². The van der Waals surface area contributed by atoms with Gasteiger partial charge in [-0.3, -0.25) is 9.52 Å². The fourth-order valence-electron chi connectivity index (χ4n) is 5.22. The number of nitrogens with zero attached hydrogens (tertiary/aromatic N) is 3. The van der Waals surface area contributed by atoms with E-state index in [0.717, 1.165) is 53.9 Å². The van der Waals surface area contributed by atoms with Crippen molar-refractivity contribution >= 4 is 38.4 Å². The number of ketones is 1. The number of piperazine rings is 1. The molecule has 13 heteroatoms. The molecule has 3 N–H and O–H groups in total. The van der Waals surface area contributed by atoms with Crippen LogP contribution in [0.3, 0.4) is 0 Å². The molecule has 2 aliphatic heterocycles. The van der Waals surface area contributed by atoms with Gasteiger partial charge in [0.1, 0.15) is 17.6 Å². The normalized spacial score (nSPS) is 18.2. The molecule has 0 saturated carbocycles. The smallest absolute Gasteiger partial charge is 0.301 e. The minimum absolute atomic E-state index is 0.0213. The van der Waals surface area contributed by atoms with Crippen LogP contribution in [-0.4, -0.2) is 73.9 Å². The molecule has 214 valence electrons. The van der Waals surface area contributed by atoms with E-state index in [1.165, 1.54) is 6.20 Å². The molecule has 0 amide bonds. The molecule has 0 radical (unpaired) electrons. The summed E-state index contributed by atoms with van der Waals surface area (Å²) in [7, 11) is -4.31. The summed E-state index contributed by atoms with van der Waals surface area (Å²) in [6.07, 6.45) is 1.66. The van der Waals surface area contributed by atoms with Crippen molar-refractivity contribution in [2.24, 2.45) is 0 Å². The molecule has 2 aromatic carbocycles. The van der Waals surface area contributed by atoms with Gasteiger partial charge in [0.15, 0.2) is 5.82 Å². The van der Waals surface area contributed by atoms with E-state index in [0.29, 0.717) is 16.6 Å². The highest BCUT2D eigenvalue weighted by molar-refractivity contribution is 7.90. The highest BCUT2D eigenvalue weighted by atomic mass is 32.2. The van der Waals surface area contributed by atoms with Gasteiger partial charge in [-0.2, -0.15) is 12.7 Å². The Morgan fingerprint density at radius 1 is 1.02 bits per heavy atom.